The zero-order chi connectivity index (χ0) is 18.3. The third-order valence-electron chi connectivity index (χ3n) is 4.33. The molecule has 0 amide bonds. The number of aldehydes is 1. The number of aryl methyl sites for hydroxylation is 2. The molecule has 0 unspecified atom stereocenters. The summed E-state index contributed by atoms with van der Waals surface area (Å²) < 4.78 is 1.12. The molecule has 2 nitrogen and oxygen atoms in total. The smallest absolute Gasteiger partial charge is 0.150 e. The molecule has 0 fully saturated rings. The number of halogens is 1. The number of hydrogen-bond donors (Lipinski definition) is 0. The zero-order valence-electron chi connectivity index (χ0n) is 14.4. The van der Waals surface area contributed by atoms with Crippen molar-refractivity contribution in [2.45, 2.75) is 13.8 Å². The van der Waals surface area contributed by atoms with Gasteiger partial charge in [-0.1, -0.05) is 34.9 Å². The Morgan fingerprint density at radius 1 is 1.00 bits per heavy atom. The molecule has 0 N–H and O–H groups in total. The van der Waals surface area contributed by atoms with E-state index in [0.29, 0.717) is 10.6 Å². The van der Waals surface area contributed by atoms with Crippen LogP contribution in [0.15, 0.2) is 54.7 Å². The molecule has 0 aliphatic carbocycles. The summed E-state index contributed by atoms with van der Waals surface area (Å²) in [4.78, 5) is 17.1. The van der Waals surface area contributed by atoms with Gasteiger partial charge in [-0.15, -0.1) is 11.3 Å². The number of aromatic nitrogens is 1. The Bertz CT molecular complexity index is 1130. The Morgan fingerprint density at radius 2 is 1.77 bits per heavy atom. The topological polar surface area (TPSA) is 30.0 Å². The van der Waals surface area contributed by atoms with Crippen molar-refractivity contribution in [3.63, 3.8) is 0 Å². The van der Waals surface area contributed by atoms with Gasteiger partial charge in [0.25, 0.3) is 0 Å². The number of carbonyl (C=O) groups excluding carboxylic acids is 1. The molecule has 4 aromatic rings. The van der Waals surface area contributed by atoms with Gasteiger partial charge in [0.05, 0.1) is 10.4 Å². The van der Waals surface area contributed by atoms with E-state index in [0.717, 1.165) is 38.1 Å². The Labute approximate surface area is 161 Å². The fourth-order valence-electron chi connectivity index (χ4n) is 3.27. The summed E-state index contributed by atoms with van der Waals surface area (Å²) >= 11 is 7.69. The minimum atomic E-state index is 0.564. The lowest BCUT2D eigenvalue weighted by atomic mass is 10.0. The van der Waals surface area contributed by atoms with Crippen LogP contribution in [0.1, 0.15) is 21.5 Å². The molecule has 4 heteroatoms. The molecule has 128 valence electrons. The molecule has 2 aromatic heterocycles. The van der Waals surface area contributed by atoms with Gasteiger partial charge in [0.15, 0.2) is 6.29 Å². The molecule has 0 aliphatic rings. The Kier molecular flexibility index (Phi) is 4.35. The first-order valence-electron chi connectivity index (χ1n) is 8.27. The predicted molar refractivity (Wildman–Crippen MR) is 110 cm³/mol. The van der Waals surface area contributed by atoms with Crippen LogP contribution in [0.5, 0.6) is 0 Å². The molecular formula is C22H16ClNOS. The summed E-state index contributed by atoms with van der Waals surface area (Å²) in [5.74, 6) is 0. The number of pyridine rings is 1. The van der Waals surface area contributed by atoms with Crippen LogP contribution >= 0.6 is 22.9 Å². The minimum absolute atomic E-state index is 0.564. The van der Waals surface area contributed by atoms with Crippen molar-refractivity contribution in [2.24, 2.45) is 0 Å². The van der Waals surface area contributed by atoms with Crippen molar-refractivity contribution in [2.75, 3.05) is 0 Å². The van der Waals surface area contributed by atoms with Crippen LogP contribution in [0.3, 0.4) is 0 Å². The van der Waals surface area contributed by atoms with Crippen molar-refractivity contribution in [1.29, 1.82) is 0 Å². The van der Waals surface area contributed by atoms with E-state index in [4.69, 9.17) is 11.6 Å². The number of carbonyl (C=O) groups is 1. The Balaban J connectivity index is 1.93. The van der Waals surface area contributed by atoms with Gasteiger partial charge in [0.2, 0.25) is 0 Å². The summed E-state index contributed by atoms with van der Waals surface area (Å²) in [6.07, 6.45) is 2.70. The third-order valence-corrected chi connectivity index (χ3v) is 5.76. The second-order valence-corrected chi connectivity index (χ2v) is 7.90. The molecule has 2 heterocycles. The molecule has 2 aromatic carbocycles. The summed E-state index contributed by atoms with van der Waals surface area (Å²) in [5, 5.41) is 1.69. The summed E-state index contributed by atoms with van der Waals surface area (Å²) in [6, 6.07) is 16.0. The van der Waals surface area contributed by atoms with Gasteiger partial charge in [0, 0.05) is 32.8 Å². The van der Waals surface area contributed by atoms with Gasteiger partial charge in [-0.05, 0) is 55.6 Å². The Morgan fingerprint density at radius 3 is 2.50 bits per heavy atom. The number of thiophene rings is 1. The highest BCUT2D eigenvalue weighted by atomic mass is 35.5. The van der Waals surface area contributed by atoms with E-state index < -0.39 is 0 Å². The fraction of sp³-hybridized carbons (Fsp3) is 0.0909. The maximum absolute atomic E-state index is 11.5. The zero-order valence-corrected chi connectivity index (χ0v) is 16.0. The van der Waals surface area contributed by atoms with Crippen molar-refractivity contribution in [3.05, 3.63) is 76.4 Å². The van der Waals surface area contributed by atoms with Crippen LogP contribution in [-0.4, -0.2) is 11.3 Å². The van der Waals surface area contributed by atoms with E-state index in [-0.39, 0.29) is 0 Å². The number of benzene rings is 2. The largest absolute Gasteiger partial charge is 0.298 e. The van der Waals surface area contributed by atoms with Gasteiger partial charge >= 0.3 is 0 Å². The first-order chi connectivity index (χ1) is 12.5. The van der Waals surface area contributed by atoms with Crippen LogP contribution in [0.25, 0.3) is 31.8 Å². The SMILES string of the molecule is Cc1cc(C)cc(-c2nccc3cc(-c4ccc(Cl)cc4C=O)sc23)c1. The van der Waals surface area contributed by atoms with Gasteiger partial charge in [-0.25, -0.2) is 0 Å². The molecule has 0 atom stereocenters. The number of rotatable bonds is 3. The minimum Gasteiger partial charge on any atom is -0.298 e. The van der Waals surface area contributed by atoms with Crippen LogP contribution < -0.4 is 0 Å². The number of nitrogens with zero attached hydrogens (tertiary/aromatic N) is 1. The van der Waals surface area contributed by atoms with Crippen LogP contribution in [0.4, 0.5) is 0 Å². The van der Waals surface area contributed by atoms with E-state index in [1.54, 1.807) is 17.4 Å². The Hall–Kier alpha value is -2.49. The molecule has 0 spiro atoms. The summed E-state index contributed by atoms with van der Waals surface area (Å²) in [6.45, 7) is 4.20. The summed E-state index contributed by atoms with van der Waals surface area (Å²) in [5.41, 5.74) is 6.04. The highest BCUT2D eigenvalue weighted by molar-refractivity contribution is 7.22. The molecule has 0 bridgehead atoms. The lowest BCUT2D eigenvalue weighted by Gasteiger charge is -2.05. The normalized spacial score (nSPS) is 11.0. The second-order valence-electron chi connectivity index (χ2n) is 6.41. The van der Waals surface area contributed by atoms with Crippen LogP contribution in [0, 0.1) is 13.8 Å². The standard InChI is InChI=1S/C22H16ClNOS/c1-13-7-14(2)9-16(8-13)21-22-15(5-6-24-21)11-20(26-22)19-4-3-18(23)10-17(19)12-25/h3-12H,1-2H3. The van der Waals surface area contributed by atoms with E-state index in [2.05, 4.69) is 43.1 Å². The highest BCUT2D eigenvalue weighted by Crippen LogP contribution is 2.39. The molecule has 0 aliphatic heterocycles. The number of hydrogen-bond acceptors (Lipinski definition) is 3. The van der Waals surface area contributed by atoms with Gasteiger partial charge in [-0.2, -0.15) is 0 Å². The molecule has 26 heavy (non-hydrogen) atoms. The average Bonchev–Trinajstić information content (AvgIpc) is 3.04. The molecular weight excluding hydrogens is 362 g/mol. The van der Waals surface area contributed by atoms with Gasteiger partial charge < -0.3 is 0 Å². The maximum atomic E-state index is 11.5. The van der Waals surface area contributed by atoms with E-state index >= 15 is 0 Å². The van der Waals surface area contributed by atoms with Gasteiger partial charge in [0.1, 0.15) is 0 Å². The van der Waals surface area contributed by atoms with E-state index in [1.807, 2.05) is 24.4 Å². The average molecular weight is 378 g/mol. The third kappa shape index (κ3) is 3.05. The molecule has 0 saturated heterocycles. The van der Waals surface area contributed by atoms with Gasteiger partial charge in [-0.3, -0.25) is 9.78 Å². The lowest BCUT2D eigenvalue weighted by Crippen LogP contribution is -1.86. The van der Waals surface area contributed by atoms with Crippen LogP contribution in [-0.2, 0) is 0 Å². The van der Waals surface area contributed by atoms with E-state index in [9.17, 15) is 4.79 Å². The second kappa shape index (κ2) is 6.67. The molecule has 4 rings (SSSR count). The molecule has 0 radical (unpaired) electrons. The molecule has 0 saturated carbocycles. The fourth-order valence-corrected chi connectivity index (χ4v) is 4.66. The highest BCUT2D eigenvalue weighted by Gasteiger charge is 2.13. The van der Waals surface area contributed by atoms with Crippen molar-refractivity contribution < 1.29 is 4.79 Å². The first kappa shape index (κ1) is 17.0. The van der Waals surface area contributed by atoms with E-state index in [1.165, 1.54) is 11.1 Å². The van der Waals surface area contributed by atoms with Crippen molar-refractivity contribution in [1.82, 2.24) is 4.98 Å². The summed E-state index contributed by atoms with van der Waals surface area (Å²) in [7, 11) is 0. The monoisotopic (exact) mass is 377 g/mol. The lowest BCUT2D eigenvalue weighted by molar-refractivity contribution is 0.112. The predicted octanol–water partition coefficient (Wildman–Crippen LogP) is 6.71. The first-order valence-corrected chi connectivity index (χ1v) is 9.47. The number of fused-ring (bicyclic) bond motifs is 1. The quantitative estimate of drug-likeness (QED) is 0.371. The van der Waals surface area contributed by atoms with Crippen molar-refractivity contribution in [3.8, 4) is 21.7 Å². The van der Waals surface area contributed by atoms with Crippen molar-refractivity contribution >= 4 is 39.3 Å². The maximum Gasteiger partial charge on any atom is 0.150 e. The van der Waals surface area contributed by atoms with Crippen LogP contribution in [0.2, 0.25) is 5.02 Å².